The van der Waals surface area contributed by atoms with Crippen molar-refractivity contribution in [3.63, 3.8) is 0 Å². The highest BCUT2D eigenvalue weighted by Crippen LogP contribution is 2.22. The first-order valence-electron chi connectivity index (χ1n) is 6.25. The van der Waals surface area contributed by atoms with Crippen molar-refractivity contribution < 1.29 is 4.79 Å². The second-order valence-electron chi connectivity index (χ2n) is 4.49. The third-order valence-corrected chi connectivity index (χ3v) is 3.56. The number of hydrogen-bond acceptors (Lipinski definition) is 2. The maximum Gasteiger partial charge on any atom is 0.141 e. The van der Waals surface area contributed by atoms with Gasteiger partial charge < -0.3 is 0 Å². The lowest BCUT2D eigenvalue weighted by Gasteiger charge is -2.10. The van der Waals surface area contributed by atoms with E-state index in [1.807, 2.05) is 25.5 Å². The Hall–Kier alpha value is -0.830. The van der Waals surface area contributed by atoms with Gasteiger partial charge >= 0.3 is 0 Å². The first-order chi connectivity index (χ1) is 8.01. The van der Waals surface area contributed by atoms with Crippen LogP contribution in [0.5, 0.6) is 0 Å². The van der Waals surface area contributed by atoms with Crippen LogP contribution in [-0.4, -0.2) is 15.6 Å². The molecule has 1 aromatic rings. The first-order valence-corrected chi connectivity index (χ1v) is 6.63. The van der Waals surface area contributed by atoms with E-state index >= 15 is 0 Å². The number of halogens is 1. The van der Waals surface area contributed by atoms with Crippen LogP contribution in [0.4, 0.5) is 0 Å². The molecule has 1 unspecified atom stereocenters. The Kier molecular flexibility index (Phi) is 5.19. The summed E-state index contributed by atoms with van der Waals surface area (Å²) in [5, 5.41) is 4.96. The predicted octanol–water partition coefficient (Wildman–Crippen LogP) is 3.41. The van der Waals surface area contributed by atoms with Crippen molar-refractivity contribution in [3.8, 4) is 0 Å². The maximum absolute atomic E-state index is 12.0. The first kappa shape index (κ1) is 14.2. The van der Waals surface area contributed by atoms with Crippen molar-refractivity contribution >= 4 is 17.4 Å². The van der Waals surface area contributed by atoms with Crippen LogP contribution in [-0.2, 0) is 17.8 Å². The van der Waals surface area contributed by atoms with Crippen molar-refractivity contribution in [1.29, 1.82) is 0 Å². The Labute approximate surface area is 108 Å². The fraction of sp³-hybridized carbons (Fsp3) is 0.692. The zero-order chi connectivity index (χ0) is 13.0. The number of hydrogen-bond donors (Lipinski definition) is 0. The molecule has 0 N–H and O–H groups in total. The molecule has 0 aliphatic rings. The van der Waals surface area contributed by atoms with E-state index < -0.39 is 0 Å². The van der Waals surface area contributed by atoms with Crippen molar-refractivity contribution in [2.24, 2.45) is 5.92 Å². The highest BCUT2D eigenvalue weighted by molar-refractivity contribution is 6.32. The molecule has 0 aromatic carbocycles. The van der Waals surface area contributed by atoms with E-state index in [0.717, 1.165) is 30.8 Å². The normalized spacial score (nSPS) is 12.8. The minimum Gasteiger partial charge on any atom is -0.299 e. The smallest absolute Gasteiger partial charge is 0.141 e. The zero-order valence-electron chi connectivity index (χ0n) is 11.1. The molecule has 1 rings (SSSR count). The number of rotatable bonds is 6. The lowest BCUT2D eigenvalue weighted by Crippen LogP contribution is -2.16. The number of aryl methyl sites for hydroxylation is 2. The molecule has 0 spiro atoms. The molecule has 0 saturated carbocycles. The summed E-state index contributed by atoms with van der Waals surface area (Å²) in [7, 11) is 0. The van der Waals surface area contributed by atoms with Gasteiger partial charge in [0.1, 0.15) is 5.78 Å². The summed E-state index contributed by atoms with van der Waals surface area (Å²) in [4.78, 5) is 12.0. The minimum absolute atomic E-state index is 0.108. The summed E-state index contributed by atoms with van der Waals surface area (Å²) in [5.74, 6) is 0.361. The van der Waals surface area contributed by atoms with Crippen LogP contribution in [0.15, 0.2) is 0 Å². The Balaban J connectivity index is 2.84. The Morgan fingerprint density at radius 1 is 1.47 bits per heavy atom. The number of aromatic nitrogens is 2. The van der Waals surface area contributed by atoms with Gasteiger partial charge in [0, 0.05) is 12.5 Å². The Morgan fingerprint density at radius 2 is 2.12 bits per heavy atom. The Morgan fingerprint density at radius 3 is 2.65 bits per heavy atom. The molecule has 0 aliphatic heterocycles. The topological polar surface area (TPSA) is 34.9 Å². The van der Waals surface area contributed by atoms with Crippen LogP contribution in [0.3, 0.4) is 0 Å². The number of ketones is 1. The molecule has 1 heterocycles. The van der Waals surface area contributed by atoms with Crippen LogP contribution in [0.1, 0.15) is 45.0 Å². The minimum atomic E-state index is 0.108. The van der Waals surface area contributed by atoms with Crippen LogP contribution in [0, 0.1) is 12.8 Å². The number of nitrogens with zero attached hydrogens (tertiary/aromatic N) is 2. The fourth-order valence-electron chi connectivity index (χ4n) is 1.97. The number of carbonyl (C=O) groups excluding carboxylic acids is 1. The lowest BCUT2D eigenvalue weighted by molar-refractivity contribution is -0.122. The Bertz CT molecular complexity index is 398. The summed E-state index contributed by atoms with van der Waals surface area (Å²) >= 11 is 6.18. The van der Waals surface area contributed by atoms with Gasteiger partial charge in [0.25, 0.3) is 0 Å². The third-order valence-electron chi connectivity index (χ3n) is 3.07. The largest absolute Gasteiger partial charge is 0.299 e. The molecule has 17 heavy (non-hydrogen) atoms. The van der Waals surface area contributed by atoms with Crippen molar-refractivity contribution in [3.05, 3.63) is 16.4 Å². The molecule has 4 heteroatoms. The van der Waals surface area contributed by atoms with Gasteiger partial charge in [0.2, 0.25) is 0 Å². The highest BCUT2D eigenvalue weighted by Gasteiger charge is 2.19. The average molecular weight is 257 g/mol. The molecule has 0 fully saturated rings. The van der Waals surface area contributed by atoms with Gasteiger partial charge in [-0.25, -0.2) is 0 Å². The van der Waals surface area contributed by atoms with Gasteiger partial charge in [-0.3, -0.25) is 9.48 Å². The standard InChI is InChI=1S/C13H21ClN2O/c1-5-7-9(3)12(17)8-11-13(14)10(4)15-16(11)6-2/h9H,5-8H2,1-4H3. The van der Waals surface area contributed by atoms with E-state index in [4.69, 9.17) is 11.6 Å². The van der Waals surface area contributed by atoms with E-state index in [1.165, 1.54) is 0 Å². The van der Waals surface area contributed by atoms with Crippen LogP contribution < -0.4 is 0 Å². The second-order valence-corrected chi connectivity index (χ2v) is 4.87. The fourth-order valence-corrected chi connectivity index (χ4v) is 2.17. The molecule has 0 radical (unpaired) electrons. The second kappa shape index (κ2) is 6.20. The van der Waals surface area contributed by atoms with Gasteiger partial charge in [0.05, 0.1) is 22.8 Å². The zero-order valence-corrected chi connectivity index (χ0v) is 11.8. The van der Waals surface area contributed by atoms with E-state index in [-0.39, 0.29) is 11.7 Å². The molecular formula is C13H21ClN2O. The molecule has 1 aromatic heterocycles. The van der Waals surface area contributed by atoms with E-state index in [9.17, 15) is 4.79 Å². The summed E-state index contributed by atoms with van der Waals surface area (Å²) in [6, 6.07) is 0. The summed E-state index contributed by atoms with van der Waals surface area (Å²) in [6.45, 7) is 8.71. The van der Waals surface area contributed by atoms with Crippen molar-refractivity contribution in [2.45, 2.75) is 53.5 Å². The lowest BCUT2D eigenvalue weighted by atomic mass is 9.97. The van der Waals surface area contributed by atoms with Gasteiger partial charge in [0.15, 0.2) is 0 Å². The molecular weight excluding hydrogens is 236 g/mol. The van der Waals surface area contributed by atoms with Crippen LogP contribution >= 0.6 is 11.6 Å². The summed E-state index contributed by atoms with van der Waals surface area (Å²) in [5.41, 5.74) is 1.67. The number of carbonyl (C=O) groups is 1. The number of Topliss-reactive ketones (excluding diaryl/α,β-unsaturated/α-hetero) is 1. The van der Waals surface area contributed by atoms with Gasteiger partial charge in [-0.15, -0.1) is 0 Å². The van der Waals surface area contributed by atoms with E-state index in [2.05, 4.69) is 12.0 Å². The quantitative estimate of drug-likeness (QED) is 0.782. The average Bonchev–Trinajstić information content (AvgIpc) is 2.57. The third kappa shape index (κ3) is 3.32. The molecule has 96 valence electrons. The van der Waals surface area contributed by atoms with Crippen molar-refractivity contribution in [2.75, 3.05) is 0 Å². The van der Waals surface area contributed by atoms with E-state index in [0.29, 0.717) is 11.4 Å². The molecule has 0 aliphatic carbocycles. The van der Waals surface area contributed by atoms with Gasteiger partial charge in [-0.05, 0) is 20.3 Å². The molecule has 0 bridgehead atoms. The van der Waals surface area contributed by atoms with Crippen LogP contribution in [0.25, 0.3) is 0 Å². The molecule has 0 amide bonds. The summed E-state index contributed by atoms with van der Waals surface area (Å²) in [6.07, 6.45) is 2.37. The van der Waals surface area contributed by atoms with Crippen LogP contribution in [0.2, 0.25) is 5.02 Å². The highest BCUT2D eigenvalue weighted by atomic mass is 35.5. The van der Waals surface area contributed by atoms with Gasteiger partial charge in [-0.2, -0.15) is 5.10 Å². The van der Waals surface area contributed by atoms with Gasteiger partial charge in [-0.1, -0.05) is 31.9 Å². The van der Waals surface area contributed by atoms with Crippen molar-refractivity contribution in [1.82, 2.24) is 9.78 Å². The molecule has 1 atom stereocenters. The monoisotopic (exact) mass is 256 g/mol. The SMILES string of the molecule is CCCC(C)C(=O)Cc1c(Cl)c(C)nn1CC. The van der Waals surface area contributed by atoms with E-state index in [1.54, 1.807) is 0 Å². The summed E-state index contributed by atoms with van der Waals surface area (Å²) < 4.78 is 1.83. The predicted molar refractivity (Wildman–Crippen MR) is 70.4 cm³/mol. The molecule has 3 nitrogen and oxygen atoms in total. The molecule has 0 saturated heterocycles. The maximum atomic E-state index is 12.0.